The van der Waals surface area contributed by atoms with Crippen LogP contribution in [0, 0.1) is 0 Å². The number of hydrogen-bond acceptors (Lipinski definition) is 3. The maximum Gasteiger partial charge on any atom is 0.323 e. The van der Waals surface area contributed by atoms with Crippen molar-refractivity contribution in [2.24, 2.45) is 0 Å². The minimum atomic E-state index is -0.920. The van der Waals surface area contributed by atoms with Crippen molar-refractivity contribution in [2.75, 3.05) is 12.3 Å². The van der Waals surface area contributed by atoms with Crippen LogP contribution in [-0.2, 0) is 9.59 Å². The van der Waals surface area contributed by atoms with Gasteiger partial charge in [0.25, 0.3) is 0 Å². The Bertz CT molecular complexity index is 306. The van der Waals surface area contributed by atoms with Crippen molar-refractivity contribution in [3.8, 4) is 0 Å². The molecule has 104 valence electrons. The third kappa shape index (κ3) is 5.29. The molecule has 0 radical (unpaired) electrons. The first-order valence-electron chi connectivity index (χ1n) is 6.45. The molecule has 0 heterocycles. The number of hydrogen-bond donors (Lipinski definition) is 1. The highest BCUT2D eigenvalue weighted by molar-refractivity contribution is 8.01. The third-order valence-electron chi connectivity index (χ3n) is 3.02. The second-order valence-electron chi connectivity index (χ2n) is 5.75. The van der Waals surface area contributed by atoms with E-state index in [2.05, 4.69) is 20.8 Å². The van der Waals surface area contributed by atoms with Crippen LogP contribution in [0.1, 0.15) is 46.5 Å². The predicted octanol–water partition coefficient (Wildman–Crippen LogP) is 2.37. The summed E-state index contributed by atoms with van der Waals surface area (Å²) in [4.78, 5) is 24.6. The Balaban J connectivity index is 2.58. The Labute approximate surface area is 113 Å². The van der Waals surface area contributed by atoms with E-state index in [0.29, 0.717) is 5.75 Å². The number of carbonyl (C=O) groups excluding carboxylic acids is 1. The lowest BCUT2D eigenvalue weighted by Crippen LogP contribution is -2.43. The van der Waals surface area contributed by atoms with E-state index >= 15 is 0 Å². The van der Waals surface area contributed by atoms with E-state index in [-0.39, 0.29) is 23.2 Å². The van der Waals surface area contributed by atoms with Crippen molar-refractivity contribution in [1.82, 2.24) is 4.90 Å². The average Bonchev–Trinajstić information content (AvgIpc) is 2.74. The molecule has 0 saturated heterocycles. The first-order valence-corrected chi connectivity index (χ1v) is 7.43. The van der Waals surface area contributed by atoms with Gasteiger partial charge in [0.2, 0.25) is 5.91 Å². The number of rotatable bonds is 5. The molecular formula is C13H23NO3S. The SMILES string of the molecule is CC(C)(C)SCC(=O)N(CC(=O)O)C1CCCC1. The predicted molar refractivity (Wildman–Crippen MR) is 73.8 cm³/mol. The molecule has 0 aromatic carbocycles. The molecule has 0 aliphatic heterocycles. The van der Waals surface area contributed by atoms with Crippen LogP contribution in [0.4, 0.5) is 0 Å². The summed E-state index contributed by atoms with van der Waals surface area (Å²) < 4.78 is 0.0280. The molecule has 18 heavy (non-hydrogen) atoms. The highest BCUT2D eigenvalue weighted by Gasteiger charge is 2.28. The van der Waals surface area contributed by atoms with Crippen molar-refractivity contribution in [3.05, 3.63) is 0 Å². The van der Waals surface area contributed by atoms with E-state index in [1.165, 1.54) is 0 Å². The van der Waals surface area contributed by atoms with Crippen molar-refractivity contribution < 1.29 is 14.7 Å². The molecule has 1 amide bonds. The lowest BCUT2D eigenvalue weighted by atomic mass is 10.2. The summed E-state index contributed by atoms with van der Waals surface area (Å²) in [5, 5.41) is 8.92. The molecule has 0 aromatic rings. The molecule has 1 fully saturated rings. The molecule has 1 aliphatic carbocycles. The quantitative estimate of drug-likeness (QED) is 0.835. The van der Waals surface area contributed by atoms with Gasteiger partial charge in [0.15, 0.2) is 0 Å². The Hall–Kier alpha value is -0.710. The van der Waals surface area contributed by atoms with Crippen LogP contribution < -0.4 is 0 Å². The van der Waals surface area contributed by atoms with Crippen LogP contribution in [0.15, 0.2) is 0 Å². The van der Waals surface area contributed by atoms with Gasteiger partial charge in [0, 0.05) is 10.8 Å². The van der Waals surface area contributed by atoms with Crippen LogP contribution in [0.3, 0.4) is 0 Å². The summed E-state index contributed by atoms with van der Waals surface area (Å²) in [7, 11) is 0. The monoisotopic (exact) mass is 273 g/mol. The van der Waals surface area contributed by atoms with Crippen LogP contribution in [0.2, 0.25) is 0 Å². The van der Waals surface area contributed by atoms with Gasteiger partial charge in [-0.1, -0.05) is 33.6 Å². The zero-order chi connectivity index (χ0) is 13.8. The number of carbonyl (C=O) groups is 2. The molecule has 5 heteroatoms. The number of carboxylic acid groups (broad SMARTS) is 1. The Morgan fingerprint density at radius 3 is 2.28 bits per heavy atom. The molecule has 0 aromatic heterocycles. The zero-order valence-electron chi connectivity index (χ0n) is 11.4. The highest BCUT2D eigenvalue weighted by atomic mass is 32.2. The Morgan fingerprint density at radius 2 is 1.83 bits per heavy atom. The molecule has 1 saturated carbocycles. The average molecular weight is 273 g/mol. The van der Waals surface area contributed by atoms with E-state index in [9.17, 15) is 9.59 Å². The van der Waals surface area contributed by atoms with E-state index in [4.69, 9.17) is 5.11 Å². The zero-order valence-corrected chi connectivity index (χ0v) is 12.3. The largest absolute Gasteiger partial charge is 0.480 e. The molecular weight excluding hydrogens is 250 g/mol. The first kappa shape index (κ1) is 15.3. The van der Waals surface area contributed by atoms with Crippen LogP contribution in [0.25, 0.3) is 0 Å². The molecule has 4 nitrogen and oxygen atoms in total. The van der Waals surface area contributed by atoms with Crippen molar-refractivity contribution in [3.63, 3.8) is 0 Å². The second-order valence-corrected chi connectivity index (χ2v) is 7.56. The van der Waals surface area contributed by atoms with Gasteiger partial charge >= 0.3 is 5.97 Å². The van der Waals surface area contributed by atoms with Gasteiger partial charge in [-0.25, -0.2) is 0 Å². The Morgan fingerprint density at radius 1 is 1.28 bits per heavy atom. The van der Waals surface area contributed by atoms with Crippen LogP contribution in [0.5, 0.6) is 0 Å². The third-order valence-corrected chi connectivity index (χ3v) is 4.28. The normalized spacial score (nSPS) is 16.8. The summed E-state index contributed by atoms with van der Waals surface area (Å²) in [6, 6.07) is 0.133. The summed E-state index contributed by atoms with van der Waals surface area (Å²) in [5.74, 6) is -0.590. The number of amides is 1. The maximum absolute atomic E-state index is 12.2. The fourth-order valence-corrected chi connectivity index (χ4v) is 2.87. The lowest BCUT2D eigenvalue weighted by Gasteiger charge is -2.28. The van der Waals surface area contributed by atoms with E-state index in [1.54, 1.807) is 16.7 Å². The summed E-state index contributed by atoms with van der Waals surface area (Å²) in [5.41, 5.74) is 0. The highest BCUT2D eigenvalue weighted by Crippen LogP contribution is 2.27. The number of thioether (sulfide) groups is 1. The Kier molecular flexibility index (Phi) is 5.50. The number of carboxylic acids is 1. The van der Waals surface area contributed by atoms with Gasteiger partial charge in [-0.2, -0.15) is 0 Å². The van der Waals surface area contributed by atoms with Crippen LogP contribution in [-0.4, -0.2) is 45.0 Å². The van der Waals surface area contributed by atoms with Gasteiger partial charge in [-0.3, -0.25) is 9.59 Å². The fourth-order valence-electron chi connectivity index (χ4n) is 2.14. The molecule has 0 unspecified atom stereocenters. The fraction of sp³-hybridized carbons (Fsp3) is 0.846. The van der Waals surface area contributed by atoms with Crippen molar-refractivity contribution in [1.29, 1.82) is 0 Å². The summed E-state index contributed by atoms with van der Waals surface area (Å²) in [6.45, 7) is 6.01. The number of aliphatic carboxylic acids is 1. The smallest absolute Gasteiger partial charge is 0.323 e. The standard InChI is InChI=1S/C13H23NO3S/c1-13(2,3)18-9-11(15)14(8-12(16)17)10-6-4-5-7-10/h10H,4-9H2,1-3H3,(H,16,17). The summed E-state index contributed by atoms with van der Waals surface area (Å²) in [6.07, 6.45) is 4.08. The van der Waals surface area contributed by atoms with Gasteiger partial charge in [0.1, 0.15) is 6.54 Å². The topological polar surface area (TPSA) is 57.6 Å². The van der Waals surface area contributed by atoms with Crippen LogP contribution >= 0.6 is 11.8 Å². The minimum absolute atomic E-state index is 0.0280. The first-order chi connectivity index (χ1) is 8.29. The molecule has 1 aliphatic rings. The molecule has 0 bridgehead atoms. The van der Waals surface area contributed by atoms with Crippen molar-refractivity contribution in [2.45, 2.75) is 57.2 Å². The molecule has 0 atom stereocenters. The van der Waals surface area contributed by atoms with E-state index in [0.717, 1.165) is 25.7 Å². The number of nitrogens with zero attached hydrogens (tertiary/aromatic N) is 1. The van der Waals surface area contributed by atoms with Gasteiger partial charge in [-0.15, -0.1) is 11.8 Å². The minimum Gasteiger partial charge on any atom is -0.480 e. The van der Waals surface area contributed by atoms with Gasteiger partial charge < -0.3 is 10.0 Å². The van der Waals surface area contributed by atoms with E-state index in [1.807, 2.05) is 0 Å². The second kappa shape index (κ2) is 6.45. The van der Waals surface area contributed by atoms with Gasteiger partial charge in [-0.05, 0) is 12.8 Å². The van der Waals surface area contributed by atoms with E-state index < -0.39 is 5.97 Å². The molecule has 1 N–H and O–H groups in total. The summed E-state index contributed by atoms with van der Waals surface area (Å²) >= 11 is 1.57. The molecule has 0 spiro atoms. The maximum atomic E-state index is 12.2. The molecule has 1 rings (SSSR count). The lowest BCUT2D eigenvalue weighted by molar-refractivity contribution is -0.145. The van der Waals surface area contributed by atoms with Crippen molar-refractivity contribution >= 4 is 23.6 Å². The van der Waals surface area contributed by atoms with Gasteiger partial charge in [0.05, 0.1) is 5.75 Å².